The Bertz CT molecular complexity index is 973. The molecule has 0 spiro atoms. The molecular weight excluding hydrogens is 426 g/mol. The largest absolute Gasteiger partial charge is 0.491 e. The van der Waals surface area contributed by atoms with Crippen molar-refractivity contribution in [3.8, 4) is 17.2 Å². The SMILES string of the molecule is CCCN(C)C(=O)OCc1c(C)noc1-c1ccc(OC[C@H]2CCCC[C@@H]2C(=O)O)c(C)n1. The van der Waals surface area contributed by atoms with Crippen molar-refractivity contribution in [3.05, 3.63) is 29.1 Å². The molecule has 9 heteroatoms. The Hall–Kier alpha value is -3.10. The van der Waals surface area contributed by atoms with Crippen molar-refractivity contribution in [1.82, 2.24) is 15.0 Å². The van der Waals surface area contributed by atoms with Crippen molar-refractivity contribution < 1.29 is 28.7 Å². The second-order valence-corrected chi connectivity index (χ2v) is 8.63. The summed E-state index contributed by atoms with van der Waals surface area (Å²) in [6.07, 6.45) is 3.98. The molecule has 1 aliphatic rings. The standard InChI is InChI=1S/C24H33N3O6/c1-5-12-27(4)24(30)32-14-19-15(2)26-33-22(19)20-10-11-21(16(3)25-20)31-13-17-8-6-7-9-18(17)23(28)29/h10-11,17-18H,5-9,12-14H2,1-4H3,(H,28,29)/t17-,18+/m1/s1. The monoisotopic (exact) mass is 459 g/mol. The molecule has 0 saturated heterocycles. The van der Waals surface area contributed by atoms with Gasteiger partial charge in [0, 0.05) is 19.5 Å². The predicted molar refractivity (Wildman–Crippen MR) is 121 cm³/mol. The lowest BCUT2D eigenvalue weighted by Crippen LogP contribution is -2.31. The molecule has 1 saturated carbocycles. The van der Waals surface area contributed by atoms with Crippen LogP contribution in [0.5, 0.6) is 5.75 Å². The molecule has 2 heterocycles. The fraction of sp³-hybridized carbons (Fsp3) is 0.583. The van der Waals surface area contributed by atoms with Crippen LogP contribution in [0.1, 0.15) is 56.0 Å². The second kappa shape index (κ2) is 11.2. The lowest BCUT2D eigenvalue weighted by atomic mass is 9.80. The van der Waals surface area contributed by atoms with Gasteiger partial charge in [-0.2, -0.15) is 0 Å². The number of amides is 1. The van der Waals surface area contributed by atoms with Gasteiger partial charge in [0.25, 0.3) is 0 Å². The normalized spacial score (nSPS) is 18.1. The highest BCUT2D eigenvalue weighted by Gasteiger charge is 2.31. The molecule has 1 N–H and O–H groups in total. The van der Waals surface area contributed by atoms with E-state index in [1.165, 1.54) is 4.90 Å². The molecule has 3 rings (SSSR count). The molecule has 2 aromatic heterocycles. The number of carboxylic acids is 1. The van der Waals surface area contributed by atoms with E-state index < -0.39 is 12.1 Å². The maximum atomic E-state index is 12.1. The minimum atomic E-state index is -0.747. The first-order valence-electron chi connectivity index (χ1n) is 11.5. The van der Waals surface area contributed by atoms with E-state index in [1.54, 1.807) is 26.1 Å². The van der Waals surface area contributed by atoms with E-state index in [2.05, 4.69) is 10.1 Å². The quantitative estimate of drug-likeness (QED) is 0.578. The lowest BCUT2D eigenvalue weighted by molar-refractivity contribution is -0.145. The predicted octanol–water partition coefficient (Wildman–Crippen LogP) is 4.60. The summed E-state index contributed by atoms with van der Waals surface area (Å²) in [5.41, 5.74) is 2.53. The number of aryl methyl sites for hydroxylation is 2. The summed E-state index contributed by atoms with van der Waals surface area (Å²) < 4.78 is 16.9. The molecule has 9 nitrogen and oxygen atoms in total. The van der Waals surface area contributed by atoms with Crippen LogP contribution < -0.4 is 4.74 Å². The topological polar surface area (TPSA) is 115 Å². The molecule has 33 heavy (non-hydrogen) atoms. The number of aromatic nitrogens is 2. The number of pyridine rings is 1. The first kappa shape index (κ1) is 24.5. The van der Waals surface area contributed by atoms with Gasteiger partial charge in [-0.3, -0.25) is 4.79 Å². The zero-order valence-electron chi connectivity index (χ0n) is 19.8. The summed E-state index contributed by atoms with van der Waals surface area (Å²) in [4.78, 5) is 29.8. The average Bonchev–Trinajstić information content (AvgIpc) is 3.17. The van der Waals surface area contributed by atoms with Crippen LogP contribution in [0.3, 0.4) is 0 Å². The zero-order chi connectivity index (χ0) is 24.0. The van der Waals surface area contributed by atoms with E-state index in [4.69, 9.17) is 14.0 Å². The molecule has 2 aromatic rings. The molecule has 180 valence electrons. The Kier molecular flexibility index (Phi) is 8.30. The van der Waals surface area contributed by atoms with Gasteiger partial charge < -0.3 is 24.0 Å². The Balaban J connectivity index is 1.68. The van der Waals surface area contributed by atoms with Crippen LogP contribution in [-0.2, 0) is 16.1 Å². The number of nitrogens with zero attached hydrogens (tertiary/aromatic N) is 3. The van der Waals surface area contributed by atoms with Gasteiger partial charge in [0.15, 0.2) is 5.76 Å². The highest BCUT2D eigenvalue weighted by Crippen LogP contribution is 2.32. The molecule has 0 radical (unpaired) electrons. The highest BCUT2D eigenvalue weighted by molar-refractivity contribution is 5.70. The van der Waals surface area contributed by atoms with E-state index in [0.717, 1.165) is 25.7 Å². The van der Waals surface area contributed by atoms with Crippen LogP contribution in [0.2, 0.25) is 0 Å². The van der Waals surface area contributed by atoms with Crippen LogP contribution in [-0.4, -0.2) is 52.4 Å². The van der Waals surface area contributed by atoms with Crippen LogP contribution in [0.25, 0.3) is 11.5 Å². The van der Waals surface area contributed by atoms with Crippen molar-refractivity contribution in [2.75, 3.05) is 20.2 Å². The number of aliphatic carboxylic acids is 1. The third kappa shape index (κ3) is 6.03. The van der Waals surface area contributed by atoms with E-state index in [1.807, 2.05) is 13.8 Å². The minimum Gasteiger partial charge on any atom is -0.491 e. The highest BCUT2D eigenvalue weighted by atomic mass is 16.6. The molecular formula is C24H33N3O6. The summed E-state index contributed by atoms with van der Waals surface area (Å²) in [6.45, 7) is 6.62. The van der Waals surface area contributed by atoms with Gasteiger partial charge in [0.05, 0.1) is 29.5 Å². The number of carbonyl (C=O) groups excluding carboxylic acids is 1. The van der Waals surface area contributed by atoms with Crippen LogP contribution in [0.4, 0.5) is 4.79 Å². The Morgan fingerprint density at radius 3 is 2.67 bits per heavy atom. The number of carbonyl (C=O) groups is 2. The molecule has 0 aromatic carbocycles. The number of hydrogen-bond donors (Lipinski definition) is 1. The van der Waals surface area contributed by atoms with Crippen LogP contribution >= 0.6 is 0 Å². The number of hydrogen-bond acceptors (Lipinski definition) is 7. The van der Waals surface area contributed by atoms with Gasteiger partial charge in [-0.25, -0.2) is 9.78 Å². The Morgan fingerprint density at radius 1 is 1.21 bits per heavy atom. The maximum Gasteiger partial charge on any atom is 0.409 e. The fourth-order valence-electron chi connectivity index (χ4n) is 4.19. The van der Waals surface area contributed by atoms with Gasteiger partial charge in [0.1, 0.15) is 18.1 Å². The van der Waals surface area contributed by atoms with E-state index in [9.17, 15) is 14.7 Å². The van der Waals surface area contributed by atoms with E-state index in [-0.39, 0.29) is 18.4 Å². The van der Waals surface area contributed by atoms with Crippen molar-refractivity contribution >= 4 is 12.1 Å². The second-order valence-electron chi connectivity index (χ2n) is 8.63. The Morgan fingerprint density at radius 2 is 1.97 bits per heavy atom. The van der Waals surface area contributed by atoms with Gasteiger partial charge in [-0.05, 0) is 45.2 Å². The number of rotatable bonds is 9. The third-order valence-electron chi connectivity index (χ3n) is 6.14. The van der Waals surface area contributed by atoms with Crippen molar-refractivity contribution in [3.63, 3.8) is 0 Å². The number of ether oxygens (including phenoxy) is 2. The molecule has 0 bridgehead atoms. The maximum absolute atomic E-state index is 12.1. The van der Waals surface area contributed by atoms with Crippen molar-refractivity contribution in [2.24, 2.45) is 11.8 Å². The zero-order valence-corrected chi connectivity index (χ0v) is 19.8. The van der Waals surface area contributed by atoms with E-state index >= 15 is 0 Å². The summed E-state index contributed by atoms with van der Waals surface area (Å²) in [5, 5.41) is 13.5. The fourth-order valence-corrected chi connectivity index (χ4v) is 4.19. The summed E-state index contributed by atoms with van der Waals surface area (Å²) >= 11 is 0. The summed E-state index contributed by atoms with van der Waals surface area (Å²) in [6, 6.07) is 3.57. The Labute approximate surface area is 194 Å². The molecule has 1 aliphatic carbocycles. The van der Waals surface area contributed by atoms with Crippen LogP contribution in [0, 0.1) is 25.7 Å². The molecule has 0 aliphatic heterocycles. The number of carboxylic acid groups (broad SMARTS) is 1. The minimum absolute atomic E-state index is 0.000576. The van der Waals surface area contributed by atoms with Gasteiger partial charge in [0.2, 0.25) is 0 Å². The summed E-state index contributed by atoms with van der Waals surface area (Å²) in [7, 11) is 1.70. The molecule has 1 amide bonds. The smallest absolute Gasteiger partial charge is 0.409 e. The first-order chi connectivity index (χ1) is 15.8. The van der Waals surface area contributed by atoms with Gasteiger partial charge >= 0.3 is 12.1 Å². The average molecular weight is 460 g/mol. The van der Waals surface area contributed by atoms with Gasteiger partial charge in [-0.15, -0.1) is 0 Å². The van der Waals surface area contributed by atoms with Crippen LogP contribution in [0.15, 0.2) is 16.7 Å². The molecule has 2 atom stereocenters. The lowest BCUT2D eigenvalue weighted by Gasteiger charge is -2.28. The van der Waals surface area contributed by atoms with Crippen molar-refractivity contribution in [1.29, 1.82) is 0 Å². The molecule has 0 unspecified atom stereocenters. The van der Waals surface area contributed by atoms with E-state index in [0.29, 0.717) is 53.7 Å². The first-order valence-corrected chi connectivity index (χ1v) is 11.5. The van der Waals surface area contributed by atoms with Crippen molar-refractivity contribution in [2.45, 2.75) is 59.5 Å². The summed E-state index contributed by atoms with van der Waals surface area (Å²) in [5.74, 6) is -0.0436. The molecule has 1 fully saturated rings. The van der Waals surface area contributed by atoms with Gasteiger partial charge in [-0.1, -0.05) is 24.9 Å². The third-order valence-corrected chi connectivity index (χ3v) is 6.14.